The minimum Gasteiger partial charge on any atom is -0.480 e. The lowest BCUT2D eigenvalue weighted by Crippen LogP contribution is -2.60. The number of aliphatic carboxylic acids is 1. The second-order valence-corrected chi connectivity index (χ2v) is 10.8. The highest BCUT2D eigenvalue weighted by Gasteiger charge is 2.34. The van der Waals surface area contributed by atoms with Crippen molar-refractivity contribution in [2.45, 2.75) is 85.0 Å². The second kappa shape index (κ2) is 13.9. The summed E-state index contributed by atoms with van der Waals surface area (Å²) in [4.78, 5) is 54.4. The number of carbonyl (C=O) groups is 4. The largest absolute Gasteiger partial charge is 0.480 e. The number of rotatable bonds is 14. The van der Waals surface area contributed by atoms with E-state index in [4.69, 9.17) is 5.73 Å². The molecule has 0 aliphatic rings. The predicted molar refractivity (Wildman–Crippen MR) is 147 cm³/mol. The predicted octanol–water partition coefficient (Wildman–Crippen LogP) is 2.32. The van der Waals surface area contributed by atoms with Crippen molar-refractivity contribution in [2.75, 3.05) is 0 Å². The Bertz CT molecular complexity index is 1110. The zero-order valence-electron chi connectivity index (χ0n) is 23.2. The Morgan fingerprint density at radius 2 is 1.53 bits per heavy atom. The number of aromatic nitrogens is 1. The SMILES string of the molecule is CCC(C)C(NC(=O)C(NC(=O)C(N)CC(C)C)C(C)C)C(=O)NC(Cc1c[nH]c2ccccc12)C(=O)O. The highest BCUT2D eigenvalue weighted by atomic mass is 16.4. The molecule has 0 saturated heterocycles. The fraction of sp³-hybridized carbons (Fsp3) is 0.571. The molecule has 10 nitrogen and oxygen atoms in total. The molecule has 3 amide bonds. The molecule has 1 aromatic heterocycles. The van der Waals surface area contributed by atoms with Crippen LogP contribution in [0.2, 0.25) is 0 Å². The number of nitrogens with one attached hydrogen (secondary N) is 4. The quantitative estimate of drug-likeness (QED) is 0.220. The average Bonchev–Trinajstić information content (AvgIpc) is 3.26. The van der Waals surface area contributed by atoms with Crippen LogP contribution in [0.3, 0.4) is 0 Å². The van der Waals surface area contributed by atoms with Gasteiger partial charge < -0.3 is 31.8 Å². The molecule has 7 N–H and O–H groups in total. The second-order valence-electron chi connectivity index (χ2n) is 10.8. The summed E-state index contributed by atoms with van der Waals surface area (Å²) in [7, 11) is 0. The molecule has 0 bridgehead atoms. The number of carbonyl (C=O) groups excluding carboxylic acids is 3. The van der Waals surface area contributed by atoms with Gasteiger partial charge in [0.15, 0.2) is 0 Å². The van der Waals surface area contributed by atoms with Crippen LogP contribution in [0.15, 0.2) is 30.5 Å². The van der Waals surface area contributed by atoms with Gasteiger partial charge in [-0.1, -0.05) is 66.2 Å². The molecule has 10 heteroatoms. The maximum Gasteiger partial charge on any atom is 0.326 e. The highest BCUT2D eigenvalue weighted by Crippen LogP contribution is 2.19. The smallest absolute Gasteiger partial charge is 0.326 e. The van der Waals surface area contributed by atoms with Crippen LogP contribution >= 0.6 is 0 Å². The molecule has 5 unspecified atom stereocenters. The van der Waals surface area contributed by atoms with Gasteiger partial charge >= 0.3 is 5.97 Å². The number of benzene rings is 1. The molecule has 0 saturated carbocycles. The minimum atomic E-state index is -1.19. The summed E-state index contributed by atoms with van der Waals surface area (Å²) in [6.07, 6.45) is 2.85. The Labute approximate surface area is 224 Å². The van der Waals surface area contributed by atoms with Gasteiger partial charge in [-0.3, -0.25) is 14.4 Å². The summed E-state index contributed by atoms with van der Waals surface area (Å²) in [5.41, 5.74) is 7.63. The molecule has 1 heterocycles. The van der Waals surface area contributed by atoms with Gasteiger partial charge in [0, 0.05) is 23.5 Å². The number of hydrogen-bond donors (Lipinski definition) is 6. The van der Waals surface area contributed by atoms with E-state index in [1.807, 2.05) is 52.0 Å². The number of nitrogens with two attached hydrogens (primary N) is 1. The number of aromatic amines is 1. The zero-order chi connectivity index (χ0) is 28.6. The normalized spacial score (nSPS) is 15.5. The molecule has 0 spiro atoms. The Balaban J connectivity index is 2.17. The third-order valence-electron chi connectivity index (χ3n) is 6.82. The average molecular weight is 530 g/mol. The summed E-state index contributed by atoms with van der Waals surface area (Å²) in [5, 5.41) is 18.8. The van der Waals surface area contributed by atoms with Crippen LogP contribution in [-0.4, -0.2) is 57.9 Å². The van der Waals surface area contributed by atoms with Crippen molar-refractivity contribution < 1.29 is 24.3 Å². The van der Waals surface area contributed by atoms with E-state index in [1.54, 1.807) is 20.0 Å². The first-order chi connectivity index (χ1) is 17.8. The standard InChI is InChI=1S/C28H43N5O5/c1-7-17(6)24(33-26(35)23(16(4)5)32-25(34)20(29)12-15(2)3)27(36)31-22(28(37)38)13-18-14-30-21-11-9-8-10-19(18)21/h8-11,14-17,20,22-24,30H,7,12-13,29H2,1-6H3,(H,31,36)(H,32,34)(H,33,35)(H,37,38). The number of fused-ring (bicyclic) bond motifs is 1. The van der Waals surface area contributed by atoms with E-state index < -0.39 is 47.9 Å². The molecule has 0 fully saturated rings. The molecule has 2 aromatic rings. The van der Waals surface area contributed by atoms with Gasteiger partial charge in [0.25, 0.3) is 0 Å². The van der Waals surface area contributed by atoms with Gasteiger partial charge in [0.2, 0.25) is 17.7 Å². The summed E-state index contributed by atoms with van der Waals surface area (Å²) >= 11 is 0. The van der Waals surface area contributed by atoms with Crippen LogP contribution in [0.4, 0.5) is 0 Å². The van der Waals surface area contributed by atoms with E-state index in [0.717, 1.165) is 16.5 Å². The Morgan fingerprint density at radius 3 is 2.11 bits per heavy atom. The van der Waals surface area contributed by atoms with Crippen molar-refractivity contribution in [3.8, 4) is 0 Å². The molecule has 5 atom stereocenters. The lowest BCUT2D eigenvalue weighted by molar-refractivity contribution is -0.142. The number of para-hydroxylation sites is 1. The number of carboxylic acids is 1. The van der Waals surface area contributed by atoms with Gasteiger partial charge in [-0.15, -0.1) is 0 Å². The molecule has 210 valence electrons. The van der Waals surface area contributed by atoms with Crippen molar-refractivity contribution in [2.24, 2.45) is 23.5 Å². The van der Waals surface area contributed by atoms with Gasteiger partial charge in [-0.25, -0.2) is 4.79 Å². The van der Waals surface area contributed by atoms with Crippen molar-refractivity contribution in [1.82, 2.24) is 20.9 Å². The first-order valence-electron chi connectivity index (χ1n) is 13.3. The number of carboxylic acid groups (broad SMARTS) is 1. The van der Waals surface area contributed by atoms with Crippen LogP contribution < -0.4 is 21.7 Å². The lowest BCUT2D eigenvalue weighted by atomic mass is 9.95. The summed E-state index contributed by atoms with van der Waals surface area (Å²) in [5.74, 6) is -3.05. The van der Waals surface area contributed by atoms with E-state index in [0.29, 0.717) is 12.8 Å². The summed E-state index contributed by atoms with van der Waals surface area (Å²) < 4.78 is 0. The molecular weight excluding hydrogens is 486 g/mol. The highest BCUT2D eigenvalue weighted by molar-refractivity contribution is 5.94. The van der Waals surface area contributed by atoms with E-state index in [9.17, 15) is 24.3 Å². The van der Waals surface area contributed by atoms with Crippen molar-refractivity contribution in [1.29, 1.82) is 0 Å². The third kappa shape index (κ3) is 8.31. The Hall–Kier alpha value is -3.40. The Kier molecular flexibility index (Phi) is 11.3. The topological polar surface area (TPSA) is 166 Å². The van der Waals surface area contributed by atoms with E-state index >= 15 is 0 Å². The molecule has 0 aliphatic carbocycles. The molecule has 38 heavy (non-hydrogen) atoms. The van der Waals surface area contributed by atoms with Crippen molar-refractivity contribution in [3.05, 3.63) is 36.0 Å². The fourth-order valence-corrected chi connectivity index (χ4v) is 4.34. The maximum atomic E-state index is 13.3. The maximum absolute atomic E-state index is 13.3. The third-order valence-corrected chi connectivity index (χ3v) is 6.82. The summed E-state index contributed by atoms with van der Waals surface area (Å²) in [6, 6.07) is 3.68. The molecule has 1 aromatic carbocycles. The molecule has 0 aliphatic heterocycles. The minimum absolute atomic E-state index is 0.0741. The number of H-pyrrole nitrogens is 1. The first kappa shape index (κ1) is 30.8. The van der Waals surface area contributed by atoms with Gasteiger partial charge in [-0.2, -0.15) is 0 Å². The number of hydrogen-bond acceptors (Lipinski definition) is 5. The zero-order valence-corrected chi connectivity index (χ0v) is 23.2. The van der Waals surface area contributed by atoms with Crippen LogP contribution in [0.5, 0.6) is 0 Å². The Morgan fingerprint density at radius 1 is 0.921 bits per heavy atom. The lowest BCUT2D eigenvalue weighted by Gasteiger charge is -2.29. The molecule has 2 rings (SSSR count). The van der Waals surface area contributed by atoms with Crippen molar-refractivity contribution in [3.63, 3.8) is 0 Å². The van der Waals surface area contributed by atoms with Crippen LogP contribution in [0, 0.1) is 17.8 Å². The van der Waals surface area contributed by atoms with Crippen LogP contribution in [0.1, 0.15) is 59.9 Å². The van der Waals surface area contributed by atoms with Gasteiger partial charge in [0.05, 0.1) is 6.04 Å². The monoisotopic (exact) mass is 529 g/mol. The number of amides is 3. The van der Waals surface area contributed by atoms with Gasteiger partial charge in [-0.05, 0) is 35.8 Å². The van der Waals surface area contributed by atoms with Gasteiger partial charge in [0.1, 0.15) is 18.1 Å². The van der Waals surface area contributed by atoms with E-state index in [1.165, 1.54) is 0 Å². The van der Waals surface area contributed by atoms with Crippen LogP contribution in [-0.2, 0) is 25.6 Å². The van der Waals surface area contributed by atoms with Crippen LogP contribution in [0.25, 0.3) is 10.9 Å². The molecular formula is C28H43N5O5. The fourth-order valence-electron chi connectivity index (χ4n) is 4.34. The molecule has 0 radical (unpaired) electrons. The summed E-state index contributed by atoms with van der Waals surface area (Å²) in [6.45, 7) is 11.2. The van der Waals surface area contributed by atoms with E-state index in [-0.39, 0.29) is 24.2 Å². The first-order valence-corrected chi connectivity index (χ1v) is 13.3. The van der Waals surface area contributed by atoms with E-state index in [2.05, 4.69) is 20.9 Å². The van der Waals surface area contributed by atoms with Crippen molar-refractivity contribution >= 4 is 34.6 Å².